The van der Waals surface area contributed by atoms with Crippen LogP contribution in [0.15, 0.2) is 72.9 Å². The van der Waals surface area contributed by atoms with Gasteiger partial charge in [-0.1, -0.05) is 74.0 Å². The van der Waals surface area contributed by atoms with Crippen LogP contribution in [0.3, 0.4) is 0 Å². The van der Waals surface area contributed by atoms with Gasteiger partial charge in [-0.2, -0.15) is 0 Å². The molecule has 0 spiro atoms. The second kappa shape index (κ2) is 8.34. The second-order valence-electron chi connectivity index (χ2n) is 6.32. The number of para-hydroxylation sites is 1. The molecule has 1 aromatic heterocycles. The minimum Gasteiger partial charge on any atom is -0.481 e. The van der Waals surface area contributed by atoms with Crippen LogP contribution >= 0.6 is 0 Å². The van der Waals surface area contributed by atoms with Crippen molar-refractivity contribution in [2.45, 2.75) is 26.2 Å². The summed E-state index contributed by atoms with van der Waals surface area (Å²) in [7, 11) is 0. The predicted octanol–water partition coefficient (Wildman–Crippen LogP) is 5.59. The fourth-order valence-electron chi connectivity index (χ4n) is 3.22. The van der Waals surface area contributed by atoms with Gasteiger partial charge in [0.25, 0.3) is 0 Å². The number of hydrogen-bond donors (Lipinski definition) is 2. The van der Waals surface area contributed by atoms with E-state index in [1.807, 2.05) is 42.5 Å². The molecule has 4 aromatic rings. The van der Waals surface area contributed by atoms with E-state index in [0.29, 0.717) is 0 Å². The first kappa shape index (κ1) is 17.7. The summed E-state index contributed by atoms with van der Waals surface area (Å²) in [6.07, 6.45) is 4.58. The van der Waals surface area contributed by atoms with Crippen LogP contribution in [0.1, 0.15) is 24.5 Å². The van der Waals surface area contributed by atoms with Crippen LogP contribution in [-0.2, 0) is 17.6 Å². The molecule has 0 saturated carbocycles. The molecule has 0 aliphatic heterocycles. The Bertz CT molecular complexity index is 1010. The third kappa shape index (κ3) is 4.12. The number of carbonyl (C=O) groups is 1. The molecule has 0 saturated heterocycles. The molecule has 0 aliphatic rings. The van der Waals surface area contributed by atoms with E-state index in [-0.39, 0.29) is 6.42 Å². The van der Waals surface area contributed by atoms with E-state index in [2.05, 4.69) is 42.4 Å². The number of aliphatic carboxylic acids is 1. The molecule has 3 heteroatoms. The fourth-order valence-corrected chi connectivity index (χ4v) is 3.22. The van der Waals surface area contributed by atoms with Gasteiger partial charge in [-0.05, 0) is 34.4 Å². The predicted molar refractivity (Wildman–Crippen MR) is 108 cm³/mol. The smallest absolute Gasteiger partial charge is 0.307 e. The fraction of sp³-hybridized carbons (Fsp3) is 0.174. The maximum atomic E-state index is 10.6. The third-order valence-electron chi connectivity index (χ3n) is 4.42. The van der Waals surface area contributed by atoms with Crippen molar-refractivity contribution in [1.82, 2.24) is 4.98 Å². The molecular formula is C23H23NO2. The Morgan fingerprint density at radius 1 is 0.885 bits per heavy atom. The molecule has 3 aromatic carbocycles. The third-order valence-corrected chi connectivity index (χ3v) is 4.42. The number of aromatic nitrogens is 1. The molecule has 0 bridgehead atoms. The molecule has 132 valence electrons. The zero-order chi connectivity index (χ0) is 18.4. The zero-order valence-electron chi connectivity index (χ0n) is 14.9. The first-order valence-corrected chi connectivity index (χ1v) is 8.92. The average molecular weight is 345 g/mol. The molecule has 0 atom stereocenters. The van der Waals surface area contributed by atoms with Gasteiger partial charge in [-0.3, -0.25) is 4.79 Å². The van der Waals surface area contributed by atoms with Gasteiger partial charge in [0.1, 0.15) is 0 Å². The molecular weight excluding hydrogens is 322 g/mol. The van der Waals surface area contributed by atoms with E-state index < -0.39 is 5.97 Å². The summed E-state index contributed by atoms with van der Waals surface area (Å²) in [6, 6.07) is 22.0. The van der Waals surface area contributed by atoms with Gasteiger partial charge in [0, 0.05) is 17.1 Å². The topological polar surface area (TPSA) is 53.1 Å². The number of nitrogens with one attached hydrogen (secondary N) is 1. The van der Waals surface area contributed by atoms with Crippen molar-refractivity contribution in [2.75, 3.05) is 0 Å². The molecule has 0 aliphatic carbocycles. The molecule has 0 amide bonds. The molecule has 2 N–H and O–H groups in total. The van der Waals surface area contributed by atoms with Gasteiger partial charge < -0.3 is 10.1 Å². The van der Waals surface area contributed by atoms with Crippen molar-refractivity contribution in [3.05, 3.63) is 84.1 Å². The number of carboxylic acid groups (broad SMARTS) is 1. The number of benzene rings is 3. The van der Waals surface area contributed by atoms with Crippen molar-refractivity contribution >= 4 is 27.6 Å². The van der Waals surface area contributed by atoms with Crippen LogP contribution in [0.25, 0.3) is 21.7 Å². The standard InChI is InChI=1S/C12H10O2.C11H13N/c13-12(14)8-10-6-3-5-9-4-1-2-7-11(9)10;1-2-5-9-8-12-11-7-4-3-6-10(9)11/h1-7H,8H2,(H,13,14);3-4,6-8,12H,2,5H2,1H3. The second-order valence-corrected chi connectivity index (χ2v) is 6.32. The summed E-state index contributed by atoms with van der Waals surface area (Å²) in [5.74, 6) is -0.790. The maximum absolute atomic E-state index is 10.6. The SMILES string of the molecule is CCCc1c[nH]c2ccccc12.O=C(O)Cc1cccc2ccccc12. The molecule has 0 fully saturated rings. The Kier molecular flexibility index (Phi) is 5.69. The summed E-state index contributed by atoms with van der Waals surface area (Å²) < 4.78 is 0. The number of aryl methyl sites for hydroxylation is 1. The Labute approximate surface area is 153 Å². The highest BCUT2D eigenvalue weighted by Crippen LogP contribution is 2.19. The summed E-state index contributed by atoms with van der Waals surface area (Å²) in [5, 5.41) is 12.2. The molecule has 4 rings (SSSR count). The van der Waals surface area contributed by atoms with Gasteiger partial charge in [0.2, 0.25) is 0 Å². The highest BCUT2D eigenvalue weighted by atomic mass is 16.4. The van der Waals surface area contributed by atoms with Crippen molar-refractivity contribution in [3.63, 3.8) is 0 Å². The molecule has 3 nitrogen and oxygen atoms in total. The largest absolute Gasteiger partial charge is 0.481 e. The number of carboxylic acids is 1. The van der Waals surface area contributed by atoms with Crippen LogP contribution in [0, 0.1) is 0 Å². The Hall–Kier alpha value is -3.07. The highest BCUT2D eigenvalue weighted by molar-refractivity contribution is 5.88. The summed E-state index contributed by atoms with van der Waals surface area (Å²) in [6.45, 7) is 2.21. The van der Waals surface area contributed by atoms with Crippen molar-refractivity contribution in [2.24, 2.45) is 0 Å². The van der Waals surface area contributed by atoms with Crippen LogP contribution in [0.5, 0.6) is 0 Å². The van der Waals surface area contributed by atoms with E-state index in [9.17, 15) is 4.79 Å². The van der Waals surface area contributed by atoms with Crippen molar-refractivity contribution in [1.29, 1.82) is 0 Å². The zero-order valence-corrected chi connectivity index (χ0v) is 14.9. The summed E-state index contributed by atoms with van der Waals surface area (Å²) >= 11 is 0. The minimum absolute atomic E-state index is 0.0847. The van der Waals surface area contributed by atoms with Crippen LogP contribution in [0.2, 0.25) is 0 Å². The monoisotopic (exact) mass is 345 g/mol. The lowest BCUT2D eigenvalue weighted by atomic mass is 10.0. The number of hydrogen-bond acceptors (Lipinski definition) is 1. The molecule has 1 heterocycles. The van der Waals surface area contributed by atoms with Crippen molar-refractivity contribution in [3.8, 4) is 0 Å². The molecule has 0 radical (unpaired) electrons. The lowest BCUT2D eigenvalue weighted by Gasteiger charge is -2.02. The van der Waals surface area contributed by atoms with E-state index in [1.54, 1.807) is 0 Å². The Balaban J connectivity index is 0.000000152. The average Bonchev–Trinajstić information content (AvgIpc) is 3.06. The minimum atomic E-state index is -0.790. The van der Waals surface area contributed by atoms with Gasteiger partial charge in [0.15, 0.2) is 0 Å². The van der Waals surface area contributed by atoms with Crippen LogP contribution in [0.4, 0.5) is 0 Å². The highest BCUT2D eigenvalue weighted by Gasteiger charge is 2.04. The Morgan fingerprint density at radius 2 is 1.58 bits per heavy atom. The Morgan fingerprint density at radius 3 is 2.35 bits per heavy atom. The first-order valence-electron chi connectivity index (χ1n) is 8.92. The number of H-pyrrole nitrogens is 1. The number of fused-ring (bicyclic) bond motifs is 2. The summed E-state index contributed by atoms with van der Waals surface area (Å²) in [4.78, 5) is 13.9. The lowest BCUT2D eigenvalue weighted by molar-refractivity contribution is -0.136. The van der Waals surface area contributed by atoms with Gasteiger partial charge in [-0.25, -0.2) is 0 Å². The molecule has 26 heavy (non-hydrogen) atoms. The number of aromatic amines is 1. The van der Waals surface area contributed by atoms with Crippen molar-refractivity contribution < 1.29 is 9.90 Å². The molecule has 0 unspecified atom stereocenters. The van der Waals surface area contributed by atoms with Gasteiger partial charge in [-0.15, -0.1) is 0 Å². The first-order chi connectivity index (χ1) is 12.7. The van der Waals surface area contributed by atoms with Crippen LogP contribution < -0.4 is 0 Å². The number of rotatable bonds is 4. The van der Waals surface area contributed by atoms with E-state index in [1.165, 1.54) is 29.3 Å². The van der Waals surface area contributed by atoms with E-state index in [0.717, 1.165) is 16.3 Å². The summed E-state index contributed by atoms with van der Waals surface area (Å²) in [5.41, 5.74) is 3.56. The normalized spacial score (nSPS) is 10.5. The van der Waals surface area contributed by atoms with Crippen LogP contribution in [-0.4, -0.2) is 16.1 Å². The van der Waals surface area contributed by atoms with E-state index >= 15 is 0 Å². The quantitative estimate of drug-likeness (QED) is 0.507. The van der Waals surface area contributed by atoms with Gasteiger partial charge >= 0.3 is 5.97 Å². The lowest BCUT2D eigenvalue weighted by Crippen LogP contribution is -2.00. The maximum Gasteiger partial charge on any atom is 0.307 e. The van der Waals surface area contributed by atoms with E-state index in [4.69, 9.17) is 5.11 Å². The van der Waals surface area contributed by atoms with Gasteiger partial charge in [0.05, 0.1) is 6.42 Å².